The summed E-state index contributed by atoms with van der Waals surface area (Å²) in [4.78, 5) is 0. The molecule has 19 heavy (non-hydrogen) atoms. The molecule has 1 atom stereocenters. The van der Waals surface area contributed by atoms with Gasteiger partial charge in [-0.05, 0) is 35.9 Å². The average molecular weight is 364 g/mol. The van der Waals surface area contributed by atoms with E-state index in [1.165, 1.54) is 6.07 Å². The number of hydrogen-bond acceptors (Lipinski definition) is 2. The van der Waals surface area contributed by atoms with Gasteiger partial charge in [-0.15, -0.1) is 0 Å². The van der Waals surface area contributed by atoms with Crippen molar-refractivity contribution in [2.75, 3.05) is 0 Å². The first-order valence-electron chi connectivity index (χ1n) is 5.39. The molecule has 100 valence electrons. The van der Waals surface area contributed by atoms with Crippen LogP contribution in [-0.2, 0) is 0 Å². The number of rotatable bonds is 3. The minimum absolute atomic E-state index is 0.350. The molecular formula is C13H10BrCl2FN2. The van der Waals surface area contributed by atoms with Crippen LogP contribution in [0.4, 0.5) is 4.39 Å². The Kier molecular flexibility index (Phi) is 4.81. The highest BCUT2D eigenvalue weighted by Gasteiger charge is 2.17. The summed E-state index contributed by atoms with van der Waals surface area (Å²) in [6, 6.07) is 9.23. The molecule has 0 saturated heterocycles. The van der Waals surface area contributed by atoms with Gasteiger partial charge in [0.1, 0.15) is 5.82 Å². The fourth-order valence-electron chi connectivity index (χ4n) is 1.79. The van der Waals surface area contributed by atoms with E-state index in [1.54, 1.807) is 30.3 Å². The lowest BCUT2D eigenvalue weighted by atomic mass is 9.99. The van der Waals surface area contributed by atoms with Crippen LogP contribution in [-0.4, -0.2) is 0 Å². The van der Waals surface area contributed by atoms with Crippen LogP contribution < -0.4 is 11.3 Å². The van der Waals surface area contributed by atoms with E-state index in [0.29, 0.717) is 15.6 Å². The summed E-state index contributed by atoms with van der Waals surface area (Å²) in [5, 5.41) is 0.839. The zero-order valence-electron chi connectivity index (χ0n) is 9.63. The van der Waals surface area contributed by atoms with Gasteiger partial charge < -0.3 is 0 Å². The van der Waals surface area contributed by atoms with Crippen molar-refractivity contribution in [2.24, 2.45) is 5.84 Å². The lowest BCUT2D eigenvalue weighted by Gasteiger charge is -2.18. The van der Waals surface area contributed by atoms with Crippen molar-refractivity contribution in [2.45, 2.75) is 6.04 Å². The standard InChI is InChI=1S/C13H10BrCl2FN2/c14-8-2-4-12(17)9(6-8)13(19-18)7-1-3-10(15)11(16)5-7/h1-6,13,19H,18H2. The van der Waals surface area contributed by atoms with Crippen molar-refractivity contribution in [3.63, 3.8) is 0 Å². The Balaban J connectivity index is 2.49. The third-order valence-electron chi connectivity index (χ3n) is 2.71. The highest BCUT2D eigenvalue weighted by molar-refractivity contribution is 9.10. The zero-order valence-corrected chi connectivity index (χ0v) is 12.7. The third kappa shape index (κ3) is 3.27. The van der Waals surface area contributed by atoms with Crippen molar-refractivity contribution in [1.29, 1.82) is 0 Å². The first-order valence-corrected chi connectivity index (χ1v) is 6.94. The van der Waals surface area contributed by atoms with E-state index in [4.69, 9.17) is 29.0 Å². The minimum atomic E-state index is -0.507. The molecular weight excluding hydrogens is 354 g/mol. The molecule has 0 fully saturated rings. The first kappa shape index (κ1) is 14.8. The van der Waals surface area contributed by atoms with Gasteiger partial charge in [0.05, 0.1) is 16.1 Å². The zero-order chi connectivity index (χ0) is 14.0. The van der Waals surface area contributed by atoms with Crippen LogP contribution in [0.3, 0.4) is 0 Å². The quantitative estimate of drug-likeness (QED) is 0.624. The molecule has 0 radical (unpaired) electrons. The first-order chi connectivity index (χ1) is 9.02. The van der Waals surface area contributed by atoms with Gasteiger partial charge in [-0.2, -0.15) is 0 Å². The van der Waals surface area contributed by atoms with E-state index in [1.807, 2.05) is 0 Å². The predicted molar refractivity (Wildman–Crippen MR) is 79.7 cm³/mol. The largest absolute Gasteiger partial charge is 0.271 e. The summed E-state index contributed by atoms with van der Waals surface area (Å²) in [5.41, 5.74) is 3.74. The van der Waals surface area contributed by atoms with Gasteiger partial charge in [0, 0.05) is 10.0 Å². The van der Waals surface area contributed by atoms with Crippen LogP contribution in [0.25, 0.3) is 0 Å². The van der Waals surface area contributed by atoms with E-state index in [0.717, 1.165) is 10.0 Å². The monoisotopic (exact) mass is 362 g/mol. The number of hydrazine groups is 1. The van der Waals surface area contributed by atoms with Gasteiger partial charge in [0.2, 0.25) is 0 Å². The third-order valence-corrected chi connectivity index (χ3v) is 3.94. The van der Waals surface area contributed by atoms with Crippen LogP contribution in [0.1, 0.15) is 17.2 Å². The van der Waals surface area contributed by atoms with Crippen LogP contribution in [0.5, 0.6) is 0 Å². The second-order valence-corrected chi connectivity index (χ2v) is 5.67. The van der Waals surface area contributed by atoms with Crippen LogP contribution in [0, 0.1) is 5.82 Å². The summed E-state index contributed by atoms with van der Waals surface area (Å²) in [5.74, 6) is 5.19. The Morgan fingerprint density at radius 1 is 1.11 bits per heavy atom. The van der Waals surface area contributed by atoms with Gasteiger partial charge in [-0.25, -0.2) is 9.82 Å². The average Bonchev–Trinajstić information content (AvgIpc) is 2.38. The second kappa shape index (κ2) is 6.20. The minimum Gasteiger partial charge on any atom is -0.271 e. The van der Waals surface area contributed by atoms with Gasteiger partial charge in [0.25, 0.3) is 0 Å². The highest BCUT2D eigenvalue weighted by Crippen LogP contribution is 2.30. The Morgan fingerprint density at radius 3 is 2.47 bits per heavy atom. The molecule has 0 spiro atoms. The molecule has 0 heterocycles. The molecule has 6 heteroatoms. The summed E-state index contributed by atoms with van der Waals surface area (Å²) >= 11 is 15.1. The predicted octanol–water partition coefficient (Wildman–Crippen LogP) is 4.45. The number of nitrogens with two attached hydrogens (primary N) is 1. The van der Waals surface area contributed by atoms with Crippen molar-refractivity contribution < 1.29 is 4.39 Å². The Morgan fingerprint density at radius 2 is 1.84 bits per heavy atom. The van der Waals surface area contributed by atoms with E-state index >= 15 is 0 Å². The van der Waals surface area contributed by atoms with E-state index in [-0.39, 0.29) is 5.82 Å². The summed E-state index contributed by atoms with van der Waals surface area (Å²) < 4.78 is 14.7. The van der Waals surface area contributed by atoms with E-state index < -0.39 is 6.04 Å². The normalized spacial score (nSPS) is 12.5. The molecule has 0 aromatic heterocycles. The molecule has 3 N–H and O–H groups in total. The maximum Gasteiger partial charge on any atom is 0.128 e. The molecule has 1 unspecified atom stereocenters. The highest BCUT2D eigenvalue weighted by atomic mass is 79.9. The topological polar surface area (TPSA) is 38.0 Å². The van der Waals surface area contributed by atoms with Gasteiger partial charge >= 0.3 is 0 Å². The molecule has 0 aliphatic rings. The van der Waals surface area contributed by atoms with Crippen LogP contribution in [0.2, 0.25) is 10.0 Å². The Bertz CT molecular complexity index is 607. The lowest BCUT2D eigenvalue weighted by molar-refractivity contribution is 0.560. The maximum atomic E-state index is 13.9. The number of benzene rings is 2. The van der Waals surface area contributed by atoms with Gasteiger partial charge in [-0.1, -0.05) is 45.2 Å². The van der Waals surface area contributed by atoms with Crippen LogP contribution in [0.15, 0.2) is 40.9 Å². The maximum absolute atomic E-state index is 13.9. The number of nitrogens with one attached hydrogen (secondary N) is 1. The van der Waals surface area contributed by atoms with Crippen molar-refractivity contribution >= 4 is 39.1 Å². The number of halogens is 4. The molecule has 2 rings (SSSR count). The second-order valence-electron chi connectivity index (χ2n) is 3.94. The van der Waals surface area contributed by atoms with Crippen molar-refractivity contribution in [1.82, 2.24) is 5.43 Å². The van der Waals surface area contributed by atoms with E-state index in [2.05, 4.69) is 21.4 Å². The molecule has 2 nitrogen and oxygen atoms in total. The van der Waals surface area contributed by atoms with Gasteiger partial charge in [0.15, 0.2) is 0 Å². The van der Waals surface area contributed by atoms with E-state index in [9.17, 15) is 4.39 Å². The van der Waals surface area contributed by atoms with Gasteiger partial charge in [-0.3, -0.25) is 5.84 Å². The van der Waals surface area contributed by atoms with Crippen molar-refractivity contribution in [3.05, 3.63) is 67.9 Å². The molecule has 2 aromatic carbocycles. The molecule has 0 aliphatic heterocycles. The smallest absolute Gasteiger partial charge is 0.128 e. The van der Waals surface area contributed by atoms with Crippen LogP contribution >= 0.6 is 39.1 Å². The molecule has 0 aliphatic carbocycles. The number of hydrogen-bond donors (Lipinski definition) is 2. The summed E-state index contributed by atoms with van der Waals surface area (Å²) in [6.45, 7) is 0. The molecule has 0 amide bonds. The summed E-state index contributed by atoms with van der Waals surface area (Å²) in [6.07, 6.45) is 0. The molecule has 2 aromatic rings. The lowest BCUT2D eigenvalue weighted by Crippen LogP contribution is -2.29. The molecule has 0 saturated carbocycles. The Labute approximate surface area is 128 Å². The SMILES string of the molecule is NNC(c1ccc(Cl)c(Cl)c1)c1cc(Br)ccc1F. The fourth-order valence-corrected chi connectivity index (χ4v) is 2.48. The Hall–Kier alpha value is -0.650. The summed E-state index contributed by atoms with van der Waals surface area (Å²) in [7, 11) is 0. The fraction of sp³-hybridized carbons (Fsp3) is 0.0769. The van der Waals surface area contributed by atoms with Crippen molar-refractivity contribution in [3.8, 4) is 0 Å². The molecule has 0 bridgehead atoms.